The van der Waals surface area contributed by atoms with Gasteiger partial charge in [0.15, 0.2) is 5.84 Å². The highest BCUT2D eigenvalue weighted by molar-refractivity contribution is 7.27. The fourth-order valence-corrected chi connectivity index (χ4v) is 9.05. The number of fused-ring (bicyclic) bond motifs is 3. The second kappa shape index (κ2) is 14.3. The Kier molecular flexibility index (Phi) is 8.54. The summed E-state index contributed by atoms with van der Waals surface area (Å²) in [7, 11) is 0. The third kappa shape index (κ3) is 6.29. The fourth-order valence-electron chi connectivity index (χ4n) is 7.67. The van der Waals surface area contributed by atoms with Crippen LogP contribution in [0, 0.1) is 0 Å². The van der Waals surface area contributed by atoms with Gasteiger partial charge in [-0.25, -0.2) is 9.98 Å². The summed E-state index contributed by atoms with van der Waals surface area (Å²) in [5.74, 6) is 1.56. The van der Waals surface area contributed by atoms with Crippen molar-refractivity contribution in [2.24, 2.45) is 9.98 Å². The van der Waals surface area contributed by atoms with Gasteiger partial charge < -0.3 is 5.32 Å². The van der Waals surface area contributed by atoms with Crippen molar-refractivity contribution in [2.75, 3.05) is 0 Å². The quantitative estimate of drug-likeness (QED) is 0.178. The van der Waals surface area contributed by atoms with Gasteiger partial charge in [-0.15, -0.1) is 11.3 Å². The predicted molar refractivity (Wildman–Crippen MR) is 232 cm³/mol. The molecule has 0 bridgehead atoms. The van der Waals surface area contributed by atoms with Gasteiger partial charge in [0, 0.05) is 54.2 Å². The molecule has 5 heteroatoms. The number of benzene rings is 6. The molecule has 2 aliphatic rings. The van der Waals surface area contributed by atoms with Gasteiger partial charge in [0.05, 0.1) is 5.69 Å². The van der Waals surface area contributed by atoms with Crippen LogP contribution in [0.5, 0.6) is 0 Å². The molecule has 1 atom stereocenters. The second-order valence-corrected chi connectivity index (χ2v) is 14.9. The summed E-state index contributed by atoms with van der Waals surface area (Å²) < 4.78 is 2.53. The van der Waals surface area contributed by atoms with Gasteiger partial charge in [0.25, 0.3) is 0 Å². The Balaban J connectivity index is 1.14. The standard InChI is InChI=1S/C50H36N4S/c1-6-16-33(17-7-1)39-30-42(35-20-10-3-11-21-35)46-43(31-39)45-41(28-27-40(47(45)55-46)34-18-8-2-9-19-34)44-29-26-38(32-51-44)50-53-48(36-22-12-4-13-23-36)52-49(54-50)37-24-14-5-15-25-37/h1-4,6-14,16-32,50H,5,15H2,(H,52,53,54). The topological polar surface area (TPSA) is 49.6 Å². The number of rotatable bonds is 7. The van der Waals surface area contributed by atoms with E-state index in [4.69, 9.17) is 15.0 Å². The van der Waals surface area contributed by atoms with Crippen molar-refractivity contribution in [3.8, 4) is 44.6 Å². The van der Waals surface area contributed by atoms with Crippen molar-refractivity contribution in [2.45, 2.75) is 19.0 Å². The van der Waals surface area contributed by atoms with E-state index in [1.54, 1.807) is 0 Å². The minimum Gasteiger partial charge on any atom is -0.344 e. The van der Waals surface area contributed by atoms with Crippen LogP contribution in [0.4, 0.5) is 0 Å². The Bertz CT molecular complexity index is 2800. The SMILES string of the molecule is C1=CC(C2=NC(c3ccc(-c4ccc(-c5ccccc5)c5sc6c(-c7ccccc7)cc(-c7ccccc7)cc6c45)nc3)NC(c3ccccc3)=N2)=CCC1. The smallest absolute Gasteiger partial charge is 0.159 e. The van der Waals surface area contributed by atoms with E-state index in [1.165, 1.54) is 53.6 Å². The maximum atomic E-state index is 5.19. The molecule has 0 amide bonds. The number of aliphatic imine (C=N–C) groups is 2. The lowest BCUT2D eigenvalue weighted by atomic mass is 9.93. The largest absolute Gasteiger partial charge is 0.344 e. The maximum Gasteiger partial charge on any atom is 0.159 e. The lowest BCUT2D eigenvalue weighted by Crippen LogP contribution is -2.33. The van der Waals surface area contributed by atoms with Crippen LogP contribution in [-0.4, -0.2) is 16.7 Å². The normalized spacial score (nSPS) is 15.3. The summed E-state index contributed by atoms with van der Waals surface area (Å²) in [6.45, 7) is 0. The van der Waals surface area contributed by atoms with Crippen LogP contribution in [0.25, 0.3) is 64.8 Å². The van der Waals surface area contributed by atoms with Gasteiger partial charge in [0.1, 0.15) is 12.0 Å². The highest BCUT2D eigenvalue weighted by Gasteiger charge is 2.24. The molecular formula is C50H36N4S. The molecule has 262 valence electrons. The molecule has 3 heterocycles. The first-order valence-corrected chi connectivity index (χ1v) is 19.6. The van der Waals surface area contributed by atoms with E-state index in [2.05, 4.69) is 163 Å². The number of nitrogens with one attached hydrogen (secondary N) is 1. The number of amidine groups is 2. The zero-order chi connectivity index (χ0) is 36.6. The molecule has 1 unspecified atom stereocenters. The first-order chi connectivity index (χ1) is 27.3. The summed E-state index contributed by atoms with van der Waals surface area (Å²) in [5, 5.41) is 6.07. The zero-order valence-corrected chi connectivity index (χ0v) is 30.9. The number of thiophene rings is 1. The van der Waals surface area contributed by atoms with Crippen LogP contribution in [0.2, 0.25) is 0 Å². The molecule has 0 saturated heterocycles. The van der Waals surface area contributed by atoms with Crippen LogP contribution >= 0.6 is 11.3 Å². The highest BCUT2D eigenvalue weighted by atomic mass is 32.1. The van der Waals surface area contributed by atoms with E-state index in [9.17, 15) is 0 Å². The summed E-state index contributed by atoms with van der Waals surface area (Å²) in [6.07, 6.45) is 10.3. The van der Waals surface area contributed by atoms with Crippen LogP contribution < -0.4 is 5.32 Å². The Morgan fingerprint density at radius 3 is 1.87 bits per heavy atom. The van der Waals surface area contributed by atoms with Crippen molar-refractivity contribution in [3.05, 3.63) is 199 Å². The average Bonchev–Trinajstić information content (AvgIpc) is 3.67. The van der Waals surface area contributed by atoms with E-state index in [0.29, 0.717) is 0 Å². The molecule has 55 heavy (non-hydrogen) atoms. The maximum absolute atomic E-state index is 5.19. The molecule has 1 aliphatic carbocycles. The van der Waals surface area contributed by atoms with Gasteiger partial charge in [-0.3, -0.25) is 4.98 Å². The lowest BCUT2D eigenvalue weighted by molar-refractivity contribution is 0.671. The Hall–Kier alpha value is -6.69. The average molecular weight is 725 g/mol. The van der Waals surface area contributed by atoms with Crippen LogP contribution in [0.15, 0.2) is 198 Å². The summed E-state index contributed by atoms with van der Waals surface area (Å²) in [4.78, 5) is 15.3. The number of hydrogen-bond acceptors (Lipinski definition) is 5. The van der Waals surface area contributed by atoms with E-state index >= 15 is 0 Å². The van der Waals surface area contributed by atoms with Crippen molar-refractivity contribution in [3.63, 3.8) is 0 Å². The molecule has 0 radical (unpaired) electrons. The van der Waals surface area contributed by atoms with Gasteiger partial charge in [-0.05, 0) is 58.9 Å². The van der Waals surface area contributed by atoms with Crippen molar-refractivity contribution in [1.29, 1.82) is 0 Å². The Morgan fingerprint density at radius 2 is 1.22 bits per heavy atom. The molecule has 4 nitrogen and oxygen atoms in total. The third-order valence-corrected chi connectivity index (χ3v) is 11.7. The molecule has 0 spiro atoms. The highest BCUT2D eigenvalue weighted by Crippen LogP contribution is 2.48. The Labute approximate surface area is 324 Å². The Morgan fingerprint density at radius 1 is 0.564 bits per heavy atom. The minimum absolute atomic E-state index is 0.329. The van der Waals surface area contributed by atoms with Crippen molar-refractivity contribution in [1.82, 2.24) is 10.3 Å². The monoisotopic (exact) mass is 724 g/mol. The predicted octanol–water partition coefficient (Wildman–Crippen LogP) is 12.8. The zero-order valence-electron chi connectivity index (χ0n) is 30.1. The first-order valence-electron chi connectivity index (χ1n) is 18.8. The van der Waals surface area contributed by atoms with E-state index in [0.717, 1.165) is 52.5 Å². The third-order valence-electron chi connectivity index (χ3n) is 10.4. The molecule has 0 saturated carbocycles. The summed E-state index contributed by atoms with van der Waals surface area (Å²) in [5.41, 5.74) is 12.4. The number of hydrogen-bond donors (Lipinski definition) is 1. The van der Waals surface area contributed by atoms with E-state index in [-0.39, 0.29) is 6.17 Å². The van der Waals surface area contributed by atoms with Gasteiger partial charge >= 0.3 is 0 Å². The number of allylic oxidation sites excluding steroid dienone is 2. The molecule has 1 aliphatic heterocycles. The summed E-state index contributed by atoms with van der Waals surface area (Å²) in [6, 6.07) is 56.1. The molecule has 10 rings (SSSR count). The second-order valence-electron chi connectivity index (χ2n) is 13.9. The van der Waals surface area contributed by atoms with Gasteiger partial charge in [-0.2, -0.15) is 0 Å². The van der Waals surface area contributed by atoms with E-state index < -0.39 is 0 Å². The lowest BCUT2D eigenvalue weighted by Gasteiger charge is -2.24. The molecule has 8 aromatic rings. The van der Waals surface area contributed by atoms with Crippen molar-refractivity contribution < 1.29 is 0 Å². The van der Waals surface area contributed by atoms with Crippen molar-refractivity contribution >= 4 is 43.2 Å². The molecule has 2 aromatic heterocycles. The number of aromatic nitrogens is 1. The number of pyridine rings is 1. The van der Waals surface area contributed by atoms with Gasteiger partial charge in [-0.1, -0.05) is 158 Å². The fraction of sp³-hybridized carbons (Fsp3) is 0.0600. The molecule has 1 N–H and O–H groups in total. The molecule has 0 fully saturated rings. The summed E-state index contributed by atoms with van der Waals surface area (Å²) >= 11 is 1.88. The van der Waals surface area contributed by atoms with E-state index in [1.807, 2.05) is 35.7 Å². The number of nitrogens with zero attached hydrogens (tertiary/aromatic N) is 3. The van der Waals surface area contributed by atoms with Crippen LogP contribution in [-0.2, 0) is 0 Å². The van der Waals surface area contributed by atoms with Crippen LogP contribution in [0.3, 0.4) is 0 Å². The van der Waals surface area contributed by atoms with Gasteiger partial charge in [0.2, 0.25) is 0 Å². The molecular weight excluding hydrogens is 689 g/mol. The molecule has 6 aromatic carbocycles. The minimum atomic E-state index is -0.329. The van der Waals surface area contributed by atoms with Crippen LogP contribution in [0.1, 0.15) is 30.1 Å². The first kappa shape index (κ1) is 32.9.